The number of nitrogens with one attached hydrogen (secondary N) is 1. The summed E-state index contributed by atoms with van der Waals surface area (Å²) in [5.41, 5.74) is 6.27. The predicted molar refractivity (Wildman–Crippen MR) is 121 cm³/mol. The van der Waals surface area contributed by atoms with Gasteiger partial charge in [-0.3, -0.25) is 4.90 Å². The summed E-state index contributed by atoms with van der Waals surface area (Å²) in [6.45, 7) is 12.1. The molecule has 0 spiro atoms. The maximum absolute atomic E-state index is 12.2. The highest BCUT2D eigenvalue weighted by atomic mass is 16.6. The smallest absolute Gasteiger partial charge is 0.414 e. The number of carbonyl (C=O) groups is 1. The van der Waals surface area contributed by atoms with Crippen molar-refractivity contribution in [2.24, 2.45) is 0 Å². The Morgan fingerprint density at radius 2 is 2.20 bits per heavy atom. The number of imidazole rings is 1. The molecule has 6 nitrogen and oxygen atoms in total. The van der Waals surface area contributed by atoms with Crippen molar-refractivity contribution in [2.45, 2.75) is 46.4 Å². The monoisotopic (exact) mass is 404 g/mol. The fourth-order valence-electron chi connectivity index (χ4n) is 4.00. The van der Waals surface area contributed by atoms with Crippen LogP contribution in [0.2, 0.25) is 0 Å². The molecule has 1 N–H and O–H groups in total. The topological polar surface area (TPSA) is 59.4 Å². The van der Waals surface area contributed by atoms with Gasteiger partial charge in [-0.2, -0.15) is 0 Å². The van der Waals surface area contributed by atoms with Crippen molar-refractivity contribution in [1.29, 1.82) is 0 Å². The molecule has 30 heavy (non-hydrogen) atoms. The number of anilines is 1. The molecule has 2 aliphatic rings. The van der Waals surface area contributed by atoms with Crippen molar-refractivity contribution in [3.05, 3.63) is 65.3 Å². The van der Waals surface area contributed by atoms with Gasteiger partial charge in [0.2, 0.25) is 0 Å². The Morgan fingerprint density at radius 3 is 2.90 bits per heavy atom. The van der Waals surface area contributed by atoms with Crippen molar-refractivity contribution in [1.82, 2.24) is 14.9 Å². The first-order valence-electron chi connectivity index (χ1n) is 10.5. The van der Waals surface area contributed by atoms with E-state index in [9.17, 15) is 4.79 Å². The van der Waals surface area contributed by atoms with Gasteiger partial charge in [-0.05, 0) is 55.7 Å². The lowest BCUT2D eigenvalue weighted by Crippen LogP contribution is -2.25. The summed E-state index contributed by atoms with van der Waals surface area (Å²) in [5, 5.41) is 3.51. The first kappa shape index (κ1) is 20.0. The fourth-order valence-corrected chi connectivity index (χ4v) is 4.00. The van der Waals surface area contributed by atoms with Crippen molar-refractivity contribution < 1.29 is 9.53 Å². The second kappa shape index (κ2) is 8.22. The number of ether oxygens (including phenoxy) is 1. The SMILES string of the molecule is C=C/C=C\c1nc(C2=Cc3ccc(N4C[C@H](CC)OC4=O)cc3CN2)n(CC)c1C. The van der Waals surface area contributed by atoms with Crippen LogP contribution in [0.3, 0.4) is 0 Å². The molecular weight excluding hydrogens is 376 g/mol. The molecule has 0 aliphatic carbocycles. The zero-order valence-corrected chi connectivity index (χ0v) is 17.8. The van der Waals surface area contributed by atoms with Crippen LogP contribution in [-0.4, -0.2) is 28.3 Å². The van der Waals surface area contributed by atoms with Gasteiger partial charge in [0.05, 0.1) is 17.9 Å². The van der Waals surface area contributed by atoms with Gasteiger partial charge in [0.15, 0.2) is 5.82 Å². The second-order valence-corrected chi connectivity index (χ2v) is 7.56. The van der Waals surface area contributed by atoms with Crippen LogP contribution in [0, 0.1) is 6.92 Å². The molecule has 1 atom stereocenters. The molecule has 3 heterocycles. The summed E-state index contributed by atoms with van der Waals surface area (Å²) in [4.78, 5) is 18.8. The first-order valence-corrected chi connectivity index (χ1v) is 10.5. The van der Waals surface area contributed by atoms with E-state index >= 15 is 0 Å². The van der Waals surface area contributed by atoms with Crippen LogP contribution in [0.5, 0.6) is 0 Å². The van der Waals surface area contributed by atoms with Gasteiger partial charge < -0.3 is 14.6 Å². The molecule has 156 valence electrons. The van der Waals surface area contributed by atoms with E-state index in [0.717, 1.165) is 52.7 Å². The van der Waals surface area contributed by atoms with Crippen LogP contribution in [0.1, 0.15) is 48.6 Å². The molecular formula is C24H28N4O2. The maximum Gasteiger partial charge on any atom is 0.414 e. The molecule has 2 aliphatic heterocycles. The zero-order chi connectivity index (χ0) is 21.3. The maximum atomic E-state index is 12.2. The zero-order valence-electron chi connectivity index (χ0n) is 17.8. The van der Waals surface area contributed by atoms with E-state index in [-0.39, 0.29) is 12.2 Å². The summed E-state index contributed by atoms with van der Waals surface area (Å²) in [5.74, 6) is 0.933. The number of hydrogen-bond donors (Lipinski definition) is 1. The Kier molecular flexibility index (Phi) is 5.48. The summed E-state index contributed by atoms with van der Waals surface area (Å²) in [7, 11) is 0. The van der Waals surface area contributed by atoms with E-state index < -0.39 is 0 Å². The van der Waals surface area contributed by atoms with Gasteiger partial charge in [-0.1, -0.05) is 31.7 Å². The molecule has 0 unspecified atom stereocenters. The molecule has 1 amide bonds. The fraction of sp³-hybridized carbons (Fsp3) is 0.333. The molecule has 1 saturated heterocycles. The Morgan fingerprint density at radius 1 is 1.37 bits per heavy atom. The highest BCUT2D eigenvalue weighted by Gasteiger charge is 2.31. The number of nitrogens with zero attached hydrogens (tertiary/aromatic N) is 3. The van der Waals surface area contributed by atoms with Gasteiger partial charge in [-0.25, -0.2) is 9.78 Å². The number of rotatable bonds is 6. The molecule has 0 saturated carbocycles. The lowest BCUT2D eigenvalue weighted by Gasteiger charge is -2.22. The van der Waals surface area contributed by atoms with E-state index in [1.165, 1.54) is 0 Å². The van der Waals surface area contributed by atoms with E-state index in [1.807, 2.05) is 25.1 Å². The summed E-state index contributed by atoms with van der Waals surface area (Å²) in [6, 6.07) is 6.14. The van der Waals surface area contributed by atoms with E-state index in [4.69, 9.17) is 9.72 Å². The average molecular weight is 405 g/mol. The summed E-state index contributed by atoms with van der Waals surface area (Å²) in [6.07, 6.45) is 8.32. The van der Waals surface area contributed by atoms with Crippen LogP contribution >= 0.6 is 0 Å². The van der Waals surface area contributed by atoms with Crippen LogP contribution in [0.15, 0.2) is 36.9 Å². The third-order valence-electron chi connectivity index (χ3n) is 5.74. The number of carbonyl (C=O) groups excluding carboxylic acids is 1. The average Bonchev–Trinajstić information content (AvgIpc) is 3.30. The van der Waals surface area contributed by atoms with Crippen molar-refractivity contribution in [3.8, 4) is 0 Å². The van der Waals surface area contributed by atoms with Crippen molar-refractivity contribution >= 4 is 29.6 Å². The minimum absolute atomic E-state index is 0.0290. The van der Waals surface area contributed by atoms with Crippen molar-refractivity contribution in [2.75, 3.05) is 11.4 Å². The molecule has 4 rings (SSSR count). The minimum Gasteiger partial charge on any atom is -0.444 e. The predicted octanol–water partition coefficient (Wildman–Crippen LogP) is 4.75. The first-order chi connectivity index (χ1) is 14.5. The lowest BCUT2D eigenvalue weighted by atomic mass is 10.0. The van der Waals surface area contributed by atoms with Crippen LogP contribution in [0.25, 0.3) is 17.8 Å². The normalized spacial score (nSPS) is 18.2. The molecule has 0 radical (unpaired) electrons. The highest BCUT2D eigenvalue weighted by molar-refractivity contribution is 5.90. The lowest BCUT2D eigenvalue weighted by molar-refractivity contribution is 0.139. The summed E-state index contributed by atoms with van der Waals surface area (Å²) < 4.78 is 7.61. The van der Waals surface area contributed by atoms with Gasteiger partial charge >= 0.3 is 6.09 Å². The molecule has 0 bridgehead atoms. The van der Waals surface area contributed by atoms with Crippen molar-refractivity contribution in [3.63, 3.8) is 0 Å². The van der Waals surface area contributed by atoms with Crippen LogP contribution in [0.4, 0.5) is 10.5 Å². The number of amides is 1. The minimum atomic E-state index is -0.262. The Balaban J connectivity index is 1.65. The molecule has 2 aromatic rings. The summed E-state index contributed by atoms with van der Waals surface area (Å²) >= 11 is 0. The Hall–Kier alpha value is -3.28. The third-order valence-corrected chi connectivity index (χ3v) is 5.74. The van der Waals surface area contributed by atoms with E-state index in [0.29, 0.717) is 13.1 Å². The number of allylic oxidation sites excluding steroid dienone is 2. The third kappa shape index (κ3) is 3.54. The number of hydrogen-bond acceptors (Lipinski definition) is 4. The number of cyclic esters (lactones) is 1. The van der Waals surface area contributed by atoms with Gasteiger partial charge in [0.25, 0.3) is 0 Å². The second-order valence-electron chi connectivity index (χ2n) is 7.56. The highest BCUT2D eigenvalue weighted by Crippen LogP contribution is 2.30. The molecule has 6 heteroatoms. The van der Waals surface area contributed by atoms with Gasteiger partial charge in [0.1, 0.15) is 6.10 Å². The standard InChI is InChI=1S/C24H28N4O2/c1-5-8-9-21-16(4)27(7-3)23(26-21)22-13-17-10-11-19(12-18(17)14-25-22)28-15-20(6-2)30-24(28)29/h5,8-13,20,25H,1,6-7,14-15H2,2-4H3/b9-8-/t20-/m0/s1. The van der Waals surface area contributed by atoms with Crippen LogP contribution < -0.4 is 10.2 Å². The number of benzene rings is 1. The van der Waals surface area contributed by atoms with Gasteiger partial charge in [-0.15, -0.1) is 0 Å². The van der Waals surface area contributed by atoms with E-state index in [1.54, 1.807) is 11.0 Å². The largest absolute Gasteiger partial charge is 0.444 e. The quantitative estimate of drug-likeness (QED) is 0.706. The Bertz CT molecular complexity index is 1050. The molecule has 1 aromatic heterocycles. The van der Waals surface area contributed by atoms with Gasteiger partial charge in [0, 0.05) is 24.5 Å². The molecule has 1 aromatic carbocycles. The van der Waals surface area contributed by atoms with Crippen LogP contribution in [-0.2, 0) is 17.8 Å². The molecule has 1 fully saturated rings. The Labute approximate surface area is 177 Å². The number of aromatic nitrogens is 2. The number of fused-ring (bicyclic) bond motifs is 1. The van der Waals surface area contributed by atoms with E-state index in [2.05, 4.69) is 48.5 Å².